The number of aliphatic hydroxyl groups excluding tert-OH is 1. The van der Waals surface area contributed by atoms with Crippen LogP contribution in [0.25, 0.3) is 11.3 Å². The van der Waals surface area contributed by atoms with Crippen molar-refractivity contribution in [2.75, 3.05) is 0 Å². The number of benzene rings is 1. The van der Waals surface area contributed by atoms with Crippen molar-refractivity contribution in [1.29, 1.82) is 0 Å². The van der Waals surface area contributed by atoms with Crippen LogP contribution in [0.15, 0.2) is 48.6 Å². The maximum atomic E-state index is 13.2. The van der Waals surface area contributed by atoms with Crippen LogP contribution in [0.3, 0.4) is 0 Å². The Morgan fingerprint density at radius 2 is 1.88 bits per heavy atom. The second-order valence-corrected chi connectivity index (χ2v) is 7.55. The fourth-order valence-corrected chi connectivity index (χ4v) is 2.94. The molecule has 2 aromatic rings. The number of aromatic nitrogens is 1. The van der Waals surface area contributed by atoms with Crippen LogP contribution < -0.4 is 5.73 Å². The zero-order chi connectivity index (χ0) is 19.1. The molecule has 26 heavy (non-hydrogen) atoms. The second kappa shape index (κ2) is 6.91. The van der Waals surface area contributed by atoms with Gasteiger partial charge in [-0.25, -0.2) is 9.37 Å². The van der Waals surface area contributed by atoms with Gasteiger partial charge in [-0.15, -0.1) is 0 Å². The first kappa shape index (κ1) is 18.7. The molecule has 1 heterocycles. The van der Waals surface area contributed by atoms with Gasteiger partial charge in [-0.2, -0.15) is 0 Å². The van der Waals surface area contributed by atoms with E-state index < -0.39 is 17.7 Å². The van der Waals surface area contributed by atoms with Gasteiger partial charge in [0.05, 0.1) is 23.0 Å². The summed E-state index contributed by atoms with van der Waals surface area (Å²) in [4.78, 5) is 4.53. The fraction of sp³-hybridized carbons (Fsp3) is 0.381. The minimum absolute atomic E-state index is 0.338. The quantitative estimate of drug-likeness (QED) is 0.693. The molecule has 1 aliphatic carbocycles. The van der Waals surface area contributed by atoms with Crippen molar-refractivity contribution >= 4 is 0 Å². The average molecular weight is 356 g/mol. The summed E-state index contributed by atoms with van der Waals surface area (Å²) < 4.78 is 13.2. The molecule has 1 saturated carbocycles. The highest BCUT2D eigenvalue weighted by Crippen LogP contribution is 2.39. The van der Waals surface area contributed by atoms with E-state index in [-0.39, 0.29) is 5.82 Å². The van der Waals surface area contributed by atoms with Crippen LogP contribution in [0.4, 0.5) is 4.39 Å². The summed E-state index contributed by atoms with van der Waals surface area (Å²) in [6.07, 6.45) is 1.08. The molecule has 0 radical (unpaired) electrons. The van der Waals surface area contributed by atoms with Crippen molar-refractivity contribution in [2.45, 2.75) is 44.4 Å². The van der Waals surface area contributed by atoms with Gasteiger partial charge in [-0.3, -0.25) is 0 Å². The van der Waals surface area contributed by atoms with Crippen LogP contribution in [0.1, 0.15) is 44.1 Å². The molecule has 4 N–H and O–H groups in total. The number of rotatable bonds is 6. The van der Waals surface area contributed by atoms with E-state index in [1.54, 1.807) is 38.1 Å². The van der Waals surface area contributed by atoms with Crippen molar-refractivity contribution in [3.05, 3.63) is 65.6 Å². The summed E-state index contributed by atoms with van der Waals surface area (Å²) in [6.45, 7) is 7.35. The van der Waals surface area contributed by atoms with Gasteiger partial charge < -0.3 is 15.9 Å². The lowest BCUT2D eigenvalue weighted by Crippen LogP contribution is -2.32. The third-order valence-electron chi connectivity index (χ3n) is 4.86. The van der Waals surface area contributed by atoms with Crippen LogP contribution in [-0.2, 0) is 5.60 Å². The smallest absolute Gasteiger partial charge is 0.123 e. The van der Waals surface area contributed by atoms with Gasteiger partial charge in [-0.1, -0.05) is 12.2 Å². The first-order valence-corrected chi connectivity index (χ1v) is 8.80. The molecule has 0 amide bonds. The number of nitrogens with two attached hydrogens (primary N) is 1. The molecule has 5 heteroatoms. The van der Waals surface area contributed by atoms with Gasteiger partial charge in [0.1, 0.15) is 11.9 Å². The van der Waals surface area contributed by atoms with E-state index in [1.807, 2.05) is 0 Å². The van der Waals surface area contributed by atoms with E-state index >= 15 is 0 Å². The highest BCUT2D eigenvalue weighted by Gasteiger charge is 2.32. The van der Waals surface area contributed by atoms with Gasteiger partial charge in [0.15, 0.2) is 0 Å². The molecular formula is C21H25FN2O2. The van der Waals surface area contributed by atoms with Gasteiger partial charge in [0.25, 0.3) is 0 Å². The number of aliphatic hydroxyl groups is 2. The standard InChI is InChI=1S/C21H25FN2O2/c1-12(13-4-5-13)19(23)20(25)18-11-15(21(2,3)26)10-17(24-18)14-6-8-16(22)9-7-14/h6-11,13,19-20,25-26H,1,4-5,23H2,2-3H3. The maximum Gasteiger partial charge on any atom is 0.123 e. The van der Waals surface area contributed by atoms with Crippen LogP contribution in [-0.4, -0.2) is 21.2 Å². The predicted octanol–water partition coefficient (Wildman–Crippen LogP) is 3.44. The van der Waals surface area contributed by atoms with E-state index in [0.717, 1.165) is 18.4 Å². The Hall–Kier alpha value is -2.08. The molecule has 1 fully saturated rings. The lowest BCUT2D eigenvalue weighted by Gasteiger charge is -2.24. The Balaban J connectivity index is 2.02. The SMILES string of the molecule is C=C(C1CC1)C(N)C(O)c1cc(C(C)(C)O)cc(-c2ccc(F)cc2)n1. The highest BCUT2D eigenvalue weighted by molar-refractivity contribution is 5.60. The maximum absolute atomic E-state index is 13.2. The Bertz CT molecular complexity index is 808. The van der Waals surface area contributed by atoms with Crippen molar-refractivity contribution in [3.63, 3.8) is 0 Å². The van der Waals surface area contributed by atoms with E-state index in [1.165, 1.54) is 12.1 Å². The van der Waals surface area contributed by atoms with E-state index in [4.69, 9.17) is 5.73 Å². The molecular weight excluding hydrogens is 331 g/mol. The number of pyridine rings is 1. The predicted molar refractivity (Wildman–Crippen MR) is 99.7 cm³/mol. The average Bonchev–Trinajstić information content (AvgIpc) is 3.44. The Morgan fingerprint density at radius 3 is 2.42 bits per heavy atom. The third kappa shape index (κ3) is 4.01. The molecule has 2 unspecified atom stereocenters. The van der Waals surface area contributed by atoms with Crippen LogP contribution >= 0.6 is 0 Å². The van der Waals surface area contributed by atoms with Crippen molar-refractivity contribution in [3.8, 4) is 11.3 Å². The number of hydrogen-bond donors (Lipinski definition) is 3. The minimum atomic E-state index is -1.12. The Kier molecular flexibility index (Phi) is 4.97. The van der Waals surface area contributed by atoms with Crippen molar-refractivity contribution in [2.24, 2.45) is 11.7 Å². The van der Waals surface area contributed by atoms with Crippen LogP contribution in [0, 0.1) is 11.7 Å². The van der Waals surface area contributed by atoms with E-state index in [0.29, 0.717) is 28.4 Å². The first-order chi connectivity index (χ1) is 12.2. The van der Waals surface area contributed by atoms with Gasteiger partial charge in [0.2, 0.25) is 0 Å². The number of halogens is 1. The number of nitrogens with zero attached hydrogens (tertiary/aromatic N) is 1. The molecule has 4 nitrogen and oxygen atoms in total. The molecule has 0 spiro atoms. The second-order valence-electron chi connectivity index (χ2n) is 7.55. The molecule has 1 aromatic carbocycles. The van der Waals surface area contributed by atoms with Crippen molar-refractivity contribution in [1.82, 2.24) is 4.98 Å². The fourth-order valence-electron chi connectivity index (χ4n) is 2.94. The molecule has 3 rings (SSSR count). The van der Waals surface area contributed by atoms with E-state index in [2.05, 4.69) is 11.6 Å². The summed E-state index contributed by atoms with van der Waals surface area (Å²) in [5, 5.41) is 21.2. The van der Waals surface area contributed by atoms with Crippen LogP contribution in [0.2, 0.25) is 0 Å². The Morgan fingerprint density at radius 1 is 1.27 bits per heavy atom. The summed E-state index contributed by atoms with van der Waals surface area (Å²) in [6, 6.07) is 8.72. The van der Waals surface area contributed by atoms with Gasteiger partial charge in [0, 0.05) is 5.56 Å². The zero-order valence-electron chi connectivity index (χ0n) is 15.1. The normalized spacial score (nSPS) is 17.0. The van der Waals surface area contributed by atoms with E-state index in [9.17, 15) is 14.6 Å². The lowest BCUT2D eigenvalue weighted by molar-refractivity contribution is 0.0779. The molecule has 0 bridgehead atoms. The highest BCUT2D eigenvalue weighted by atomic mass is 19.1. The largest absolute Gasteiger partial charge is 0.386 e. The van der Waals surface area contributed by atoms with Crippen LogP contribution in [0.5, 0.6) is 0 Å². The molecule has 138 valence electrons. The topological polar surface area (TPSA) is 79.4 Å². The van der Waals surface area contributed by atoms with Crippen molar-refractivity contribution < 1.29 is 14.6 Å². The summed E-state index contributed by atoms with van der Waals surface area (Å²) in [7, 11) is 0. The molecule has 2 atom stereocenters. The lowest BCUT2D eigenvalue weighted by atomic mass is 9.92. The first-order valence-electron chi connectivity index (χ1n) is 8.80. The zero-order valence-corrected chi connectivity index (χ0v) is 15.1. The van der Waals surface area contributed by atoms with Gasteiger partial charge in [-0.05, 0) is 74.6 Å². The third-order valence-corrected chi connectivity index (χ3v) is 4.86. The molecule has 1 aromatic heterocycles. The molecule has 1 aliphatic rings. The Labute approximate surface area is 153 Å². The summed E-state index contributed by atoms with van der Waals surface area (Å²) >= 11 is 0. The monoisotopic (exact) mass is 356 g/mol. The summed E-state index contributed by atoms with van der Waals surface area (Å²) in [5.41, 5.74) is 8.12. The van der Waals surface area contributed by atoms with Gasteiger partial charge >= 0.3 is 0 Å². The number of hydrogen-bond acceptors (Lipinski definition) is 4. The molecule has 0 aliphatic heterocycles. The molecule has 0 saturated heterocycles. The minimum Gasteiger partial charge on any atom is -0.386 e. The summed E-state index contributed by atoms with van der Waals surface area (Å²) in [5.74, 6) is 0.0316.